The molecule has 1 aliphatic heterocycles. The van der Waals surface area contributed by atoms with E-state index in [0.717, 1.165) is 45.0 Å². The molecule has 0 radical (unpaired) electrons. The van der Waals surface area contributed by atoms with Crippen LogP contribution >= 0.6 is 0 Å². The Morgan fingerprint density at radius 1 is 1.33 bits per heavy atom. The van der Waals surface area contributed by atoms with Crippen molar-refractivity contribution in [3.8, 4) is 0 Å². The molecule has 4 nitrogen and oxygen atoms in total. The molecule has 1 fully saturated rings. The van der Waals surface area contributed by atoms with Gasteiger partial charge in [-0.3, -0.25) is 9.88 Å². The summed E-state index contributed by atoms with van der Waals surface area (Å²) in [6.07, 6.45) is 2.39. The minimum Gasteiger partial charge on any atom is -0.384 e. The van der Waals surface area contributed by atoms with Crippen molar-refractivity contribution in [2.24, 2.45) is 5.41 Å². The molecule has 1 N–H and O–H groups in total. The number of rotatable bonds is 7. The molecule has 0 aromatic carbocycles. The number of aryl methyl sites for hydroxylation is 1. The van der Waals surface area contributed by atoms with Crippen molar-refractivity contribution in [3.63, 3.8) is 0 Å². The summed E-state index contributed by atoms with van der Waals surface area (Å²) in [7, 11) is 1.82. The smallest absolute Gasteiger partial charge is 0.0547 e. The average Bonchev–Trinajstić information content (AvgIpc) is 2.48. The normalized spacial score (nSPS) is 18.1. The van der Waals surface area contributed by atoms with Crippen molar-refractivity contribution in [3.05, 3.63) is 29.6 Å². The Morgan fingerprint density at radius 3 is 2.71 bits per heavy atom. The maximum Gasteiger partial charge on any atom is 0.0547 e. The van der Waals surface area contributed by atoms with Gasteiger partial charge in [-0.05, 0) is 51.5 Å². The average molecular weight is 291 g/mol. The third-order valence-electron chi connectivity index (χ3n) is 4.45. The highest BCUT2D eigenvalue weighted by Crippen LogP contribution is 2.30. The Labute approximate surface area is 128 Å². The zero-order chi connectivity index (χ0) is 15.1. The zero-order valence-electron chi connectivity index (χ0n) is 13.7. The zero-order valence-corrected chi connectivity index (χ0v) is 13.7. The summed E-state index contributed by atoms with van der Waals surface area (Å²) in [6, 6.07) is 6.28. The van der Waals surface area contributed by atoms with Gasteiger partial charge in [-0.25, -0.2) is 0 Å². The summed E-state index contributed by atoms with van der Waals surface area (Å²) < 4.78 is 5.53. The van der Waals surface area contributed by atoms with Gasteiger partial charge in [0.05, 0.1) is 12.3 Å². The molecule has 2 rings (SSSR count). The first kappa shape index (κ1) is 16.4. The van der Waals surface area contributed by atoms with Crippen LogP contribution in [-0.2, 0) is 11.3 Å². The van der Waals surface area contributed by atoms with Crippen molar-refractivity contribution in [1.82, 2.24) is 15.2 Å². The van der Waals surface area contributed by atoms with Crippen LogP contribution in [0.2, 0.25) is 0 Å². The number of nitrogens with zero attached hydrogens (tertiary/aromatic N) is 2. The third-order valence-corrected chi connectivity index (χ3v) is 4.45. The molecule has 1 aromatic heterocycles. The van der Waals surface area contributed by atoms with Crippen molar-refractivity contribution >= 4 is 0 Å². The van der Waals surface area contributed by atoms with E-state index in [4.69, 9.17) is 4.74 Å². The van der Waals surface area contributed by atoms with Gasteiger partial charge in [0.1, 0.15) is 0 Å². The Kier molecular flexibility index (Phi) is 6.15. The summed E-state index contributed by atoms with van der Waals surface area (Å²) in [5, 5.41) is 3.46. The predicted octanol–water partition coefficient (Wildman–Crippen LogP) is 2.23. The van der Waals surface area contributed by atoms with Crippen molar-refractivity contribution in [2.75, 3.05) is 39.9 Å². The van der Waals surface area contributed by atoms with Gasteiger partial charge in [0, 0.05) is 31.3 Å². The molecule has 2 heterocycles. The van der Waals surface area contributed by atoms with Crippen LogP contribution in [-0.4, -0.2) is 49.8 Å². The first-order chi connectivity index (χ1) is 10.2. The molecule has 0 bridgehead atoms. The molecule has 4 heteroatoms. The molecule has 118 valence electrons. The second kappa shape index (κ2) is 7.87. The third kappa shape index (κ3) is 4.77. The highest BCUT2D eigenvalue weighted by atomic mass is 16.5. The van der Waals surface area contributed by atoms with E-state index in [0.29, 0.717) is 5.41 Å². The standard InChI is InChI=1S/C17H29N3O/c1-4-20(12-16-7-5-6-15(2)19-16)13-17(14-21-3)8-10-18-11-9-17/h5-7,18H,4,8-14H2,1-3H3. The van der Waals surface area contributed by atoms with Crippen LogP contribution in [0.5, 0.6) is 0 Å². The second-order valence-corrected chi connectivity index (χ2v) is 6.26. The van der Waals surface area contributed by atoms with Crippen LogP contribution in [0.4, 0.5) is 0 Å². The lowest BCUT2D eigenvalue weighted by Gasteiger charge is -2.40. The fourth-order valence-electron chi connectivity index (χ4n) is 3.28. The maximum atomic E-state index is 5.53. The summed E-state index contributed by atoms with van der Waals surface area (Å²) >= 11 is 0. The van der Waals surface area contributed by atoms with E-state index >= 15 is 0 Å². The van der Waals surface area contributed by atoms with Gasteiger partial charge in [-0.1, -0.05) is 13.0 Å². The number of ether oxygens (including phenoxy) is 1. The monoisotopic (exact) mass is 291 g/mol. The lowest BCUT2D eigenvalue weighted by Crippen LogP contribution is -2.47. The number of methoxy groups -OCH3 is 1. The Morgan fingerprint density at radius 2 is 2.10 bits per heavy atom. The quantitative estimate of drug-likeness (QED) is 0.836. The lowest BCUT2D eigenvalue weighted by atomic mass is 9.79. The van der Waals surface area contributed by atoms with E-state index in [9.17, 15) is 0 Å². The molecule has 0 saturated carbocycles. The molecule has 0 aliphatic carbocycles. The molecular weight excluding hydrogens is 262 g/mol. The molecule has 1 aromatic rings. The minimum atomic E-state index is 0.292. The van der Waals surface area contributed by atoms with Gasteiger partial charge < -0.3 is 10.1 Å². The van der Waals surface area contributed by atoms with Gasteiger partial charge >= 0.3 is 0 Å². The maximum absolute atomic E-state index is 5.53. The van der Waals surface area contributed by atoms with E-state index in [1.807, 2.05) is 7.11 Å². The first-order valence-corrected chi connectivity index (χ1v) is 8.02. The molecule has 0 unspecified atom stereocenters. The number of pyridine rings is 1. The van der Waals surface area contributed by atoms with Crippen molar-refractivity contribution in [2.45, 2.75) is 33.2 Å². The van der Waals surface area contributed by atoms with Gasteiger partial charge in [-0.15, -0.1) is 0 Å². The largest absolute Gasteiger partial charge is 0.384 e. The van der Waals surface area contributed by atoms with Gasteiger partial charge in [0.2, 0.25) is 0 Å². The van der Waals surface area contributed by atoms with Crippen LogP contribution in [0, 0.1) is 12.3 Å². The summed E-state index contributed by atoms with van der Waals surface area (Å²) in [6.45, 7) is 10.4. The highest BCUT2D eigenvalue weighted by Gasteiger charge is 2.33. The van der Waals surface area contributed by atoms with E-state index in [-0.39, 0.29) is 0 Å². The Balaban J connectivity index is 2.02. The fraction of sp³-hybridized carbons (Fsp3) is 0.706. The summed E-state index contributed by atoms with van der Waals surface area (Å²) in [5.41, 5.74) is 2.55. The molecule has 0 amide bonds. The van der Waals surface area contributed by atoms with E-state index in [1.165, 1.54) is 18.5 Å². The number of hydrogen-bond acceptors (Lipinski definition) is 4. The molecule has 1 saturated heterocycles. The van der Waals surface area contributed by atoms with Crippen LogP contribution in [0.15, 0.2) is 18.2 Å². The molecule has 0 atom stereocenters. The van der Waals surface area contributed by atoms with E-state index < -0.39 is 0 Å². The van der Waals surface area contributed by atoms with Crippen LogP contribution < -0.4 is 5.32 Å². The van der Waals surface area contributed by atoms with Crippen LogP contribution in [0.3, 0.4) is 0 Å². The predicted molar refractivity (Wildman–Crippen MR) is 86.3 cm³/mol. The van der Waals surface area contributed by atoms with Gasteiger partial charge in [0.15, 0.2) is 0 Å². The topological polar surface area (TPSA) is 37.4 Å². The highest BCUT2D eigenvalue weighted by molar-refractivity contribution is 5.09. The van der Waals surface area contributed by atoms with Crippen molar-refractivity contribution in [1.29, 1.82) is 0 Å². The summed E-state index contributed by atoms with van der Waals surface area (Å²) in [5.74, 6) is 0. The fourth-order valence-corrected chi connectivity index (χ4v) is 3.28. The Hall–Kier alpha value is -0.970. The first-order valence-electron chi connectivity index (χ1n) is 8.02. The number of piperidine rings is 1. The minimum absolute atomic E-state index is 0.292. The summed E-state index contributed by atoms with van der Waals surface area (Å²) in [4.78, 5) is 7.14. The van der Waals surface area contributed by atoms with Gasteiger partial charge in [-0.2, -0.15) is 0 Å². The number of nitrogens with one attached hydrogen (secondary N) is 1. The Bertz CT molecular complexity index is 424. The van der Waals surface area contributed by atoms with E-state index in [1.54, 1.807) is 0 Å². The lowest BCUT2D eigenvalue weighted by molar-refractivity contribution is 0.0213. The van der Waals surface area contributed by atoms with Crippen LogP contribution in [0.1, 0.15) is 31.2 Å². The van der Waals surface area contributed by atoms with Crippen molar-refractivity contribution < 1.29 is 4.74 Å². The SMILES string of the molecule is CCN(Cc1cccc(C)n1)CC1(COC)CCNCC1. The number of aromatic nitrogens is 1. The molecule has 21 heavy (non-hydrogen) atoms. The van der Waals surface area contributed by atoms with E-state index in [2.05, 4.69) is 47.2 Å². The molecule has 1 aliphatic rings. The van der Waals surface area contributed by atoms with Crippen LogP contribution in [0.25, 0.3) is 0 Å². The molecular formula is C17H29N3O. The van der Waals surface area contributed by atoms with Gasteiger partial charge in [0.25, 0.3) is 0 Å². The molecule has 0 spiro atoms. The number of hydrogen-bond donors (Lipinski definition) is 1. The second-order valence-electron chi connectivity index (χ2n) is 6.26.